The van der Waals surface area contributed by atoms with E-state index in [4.69, 9.17) is 5.73 Å². The molecule has 9 heteroatoms. The van der Waals surface area contributed by atoms with Crippen LogP contribution in [0.5, 0.6) is 0 Å². The Hall–Kier alpha value is -2.00. The number of hydrogen-bond donors (Lipinski definition) is 1. The number of aromatic nitrogens is 4. The van der Waals surface area contributed by atoms with Gasteiger partial charge in [0.2, 0.25) is 11.9 Å². The van der Waals surface area contributed by atoms with Gasteiger partial charge in [0.25, 0.3) is 0 Å². The quantitative estimate of drug-likeness (QED) is 0.881. The molecular formula is C14H22N8S. The number of rotatable bonds is 4. The van der Waals surface area contributed by atoms with Crippen LogP contribution in [0, 0.1) is 0 Å². The van der Waals surface area contributed by atoms with Crippen LogP contribution in [-0.4, -0.2) is 65.1 Å². The summed E-state index contributed by atoms with van der Waals surface area (Å²) in [5.41, 5.74) is 5.83. The molecule has 0 aliphatic carbocycles. The number of nitrogen functional groups attached to an aromatic ring is 1. The van der Waals surface area contributed by atoms with E-state index in [0.29, 0.717) is 5.95 Å². The van der Waals surface area contributed by atoms with Crippen molar-refractivity contribution in [1.82, 2.24) is 24.8 Å². The van der Waals surface area contributed by atoms with Gasteiger partial charge in [-0.2, -0.15) is 15.0 Å². The predicted molar refractivity (Wildman–Crippen MR) is 92.9 cm³/mol. The summed E-state index contributed by atoms with van der Waals surface area (Å²) in [6, 6.07) is 0.109. The van der Waals surface area contributed by atoms with E-state index in [1.54, 1.807) is 11.3 Å². The summed E-state index contributed by atoms with van der Waals surface area (Å²) in [6.07, 6.45) is 1.85. The maximum absolute atomic E-state index is 5.83. The van der Waals surface area contributed by atoms with Crippen molar-refractivity contribution < 1.29 is 0 Å². The maximum atomic E-state index is 5.83. The van der Waals surface area contributed by atoms with Crippen molar-refractivity contribution in [3.05, 3.63) is 17.4 Å². The normalized spacial score (nSPS) is 17.3. The first-order chi connectivity index (χ1) is 11.0. The molecule has 0 spiro atoms. The molecule has 3 rings (SSSR count). The van der Waals surface area contributed by atoms with Crippen molar-refractivity contribution in [1.29, 1.82) is 0 Å². The third kappa shape index (κ3) is 3.50. The zero-order valence-corrected chi connectivity index (χ0v) is 14.5. The second-order valence-corrected chi connectivity index (χ2v) is 6.63. The molecule has 23 heavy (non-hydrogen) atoms. The van der Waals surface area contributed by atoms with E-state index in [1.807, 2.05) is 30.6 Å². The average molecular weight is 334 g/mol. The standard InChI is InChI=1S/C14H22N8S/c1-10(11-17-12(15)19-13(18-11)20(2)3)21-5-7-22(8-6-21)14-16-4-9-23-14/h4,9-10H,5-8H2,1-3H3,(H2,15,17,18,19)/t10-/m0/s1. The van der Waals surface area contributed by atoms with Gasteiger partial charge < -0.3 is 15.5 Å². The molecule has 1 fully saturated rings. The minimum atomic E-state index is 0.109. The Labute approximate surface area is 140 Å². The Kier molecular flexibility index (Phi) is 4.58. The molecule has 2 aromatic rings. The lowest BCUT2D eigenvalue weighted by Gasteiger charge is -2.37. The van der Waals surface area contributed by atoms with Crippen LogP contribution >= 0.6 is 11.3 Å². The molecule has 3 heterocycles. The van der Waals surface area contributed by atoms with Crippen LogP contribution in [0.3, 0.4) is 0 Å². The Bertz CT molecular complexity index is 636. The summed E-state index contributed by atoms with van der Waals surface area (Å²) < 4.78 is 0. The highest BCUT2D eigenvalue weighted by atomic mass is 32.1. The van der Waals surface area contributed by atoms with Crippen LogP contribution in [-0.2, 0) is 0 Å². The maximum Gasteiger partial charge on any atom is 0.229 e. The minimum absolute atomic E-state index is 0.109. The molecular weight excluding hydrogens is 312 g/mol. The number of hydrogen-bond acceptors (Lipinski definition) is 9. The first kappa shape index (κ1) is 15.9. The molecule has 0 unspecified atom stereocenters. The number of nitrogens with zero attached hydrogens (tertiary/aromatic N) is 7. The van der Waals surface area contributed by atoms with E-state index >= 15 is 0 Å². The van der Waals surface area contributed by atoms with E-state index in [2.05, 4.69) is 36.7 Å². The molecule has 1 saturated heterocycles. The molecule has 1 aliphatic rings. The molecule has 124 valence electrons. The van der Waals surface area contributed by atoms with Gasteiger partial charge in [0.15, 0.2) is 11.0 Å². The SMILES string of the molecule is C[C@@H](c1nc(N)nc(N(C)C)n1)N1CCN(c2nccs2)CC1. The number of nitrogens with two attached hydrogens (primary N) is 1. The summed E-state index contributed by atoms with van der Waals surface area (Å²) in [5, 5.41) is 3.11. The third-order valence-corrected chi connectivity index (χ3v) is 4.82. The second-order valence-electron chi connectivity index (χ2n) is 5.76. The highest BCUT2D eigenvalue weighted by Crippen LogP contribution is 2.24. The first-order valence-electron chi connectivity index (χ1n) is 7.62. The van der Waals surface area contributed by atoms with Crippen molar-refractivity contribution in [2.75, 3.05) is 55.8 Å². The fourth-order valence-electron chi connectivity index (χ4n) is 2.62. The molecule has 2 N–H and O–H groups in total. The number of thiazole rings is 1. The fraction of sp³-hybridized carbons (Fsp3) is 0.571. The summed E-state index contributed by atoms with van der Waals surface area (Å²) >= 11 is 1.68. The van der Waals surface area contributed by atoms with Crippen LogP contribution in [0.15, 0.2) is 11.6 Å². The molecule has 8 nitrogen and oxygen atoms in total. The second kappa shape index (κ2) is 6.63. The lowest BCUT2D eigenvalue weighted by molar-refractivity contribution is 0.191. The Morgan fingerprint density at radius 3 is 2.52 bits per heavy atom. The van der Waals surface area contributed by atoms with Gasteiger partial charge in [-0.25, -0.2) is 4.98 Å². The summed E-state index contributed by atoms with van der Waals surface area (Å²) in [6.45, 7) is 5.93. The van der Waals surface area contributed by atoms with E-state index in [-0.39, 0.29) is 12.0 Å². The van der Waals surface area contributed by atoms with E-state index in [1.165, 1.54) is 0 Å². The van der Waals surface area contributed by atoms with Crippen molar-refractivity contribution in [3.63, 3.8) is 0 Å². The summed E-state index contributed by atoms with van der Waals surface area (Å²) in [5.74, 6) is 1.59. The molecule has 0 saturated carbocycles. The highest BCUT2D eigenvalue weighted by molar-refractivity contribution is 7.13. The average Bonchev–Trinajstić information content (AvgIpc) is 3.08. The van der Waals surface area contributed by atoms with Gasteiger partial charge in [-0.3, -0.25) is 4.90 Å². The van der Waals surface area contributed by atoms with Crippen LogP contribution in [0.2, 0.25) is 0 Å². The van der Waals surface area contributed by atoms with Gasteiger partial charge in [-0.05, 0) is 6.92 Å². The van der Waals surface area contributed by atoms with Gasteiger partial charge in [0.05, 0.1) is 6.04 Å². The van der Waals surface area contributed by atoms with Gasteiger partial charge >= 0.3 is 0 Å². The smallest absolute Gasteiger partial charge is 0.229 e. The van der Waals surface area contributed by atoms with Crippen molar-refractivity contribution in [2.45, 2.75) is 13.0 Å². The van der Waals surface area contributed by atoms with Gasteiger partial charge in [0, 0.05) is 51.9 Å². The molecule has 0 amide bonds. The summed E-state index contributed by atoms with van der Waals surface area (Å²) in [4.78, 5) is 23.9. The Morgan fingerprint density at radius 2 is 1.91 bits per heavy atom. The number of piperazine rings is 1. The van der Waals surface area contributed by atoms with Crippen LogP contribution in [0.25, 0.3) is 0 Å². The first-order valence-corrected chi connectivity index (χ1v) is 8.50. The van der Waals surface area contributed by atoms with Crippen molar-refractivity contribution in [3.8, 4) is 0 Å². The van der Waals surface area contributed by atoms with Gasteiger partial charge in [0.1, 0.15) is 0 Å². The number of anilines is 3. The lowest BCUT2D eigenvalue weighted by atomic mass is 10.2. The fourth-order valence-corrected chi connectivity index (χ4v) is 3.32. The predicted octanol–water partition coefficient (Wildman–Crippen LogP) is 0.860. The van der Waals surface area contributed by atoms with Crippen LogP contribution < -0.4 is 15.5 Å². The van der Waals surface area contributed by atoms with Crippen LogP contribution in [0.1, 0.15) is 18.8 Å². The van der Waals surface area contributed by atoms with Crippen molar-refractivity contribution in [2.24, 2.45) is 0 Å². The van der Waals surface area contributed by atoms with Gasteiger partial charge in [-0.1, -0.05) is 0 Å². The zero-order chi connectivity index (χ0) is 16.4. The van der Waals surface area contributed by atoms with E-state index in [0.717, 1.165) is 37.1 Å². The Morgan fingerprint density at radius 1 is 1.17 bits per heavy atom. The molecule has 1 aliphatic heterocycles. The van der Waals surface area contributed by atoms with Crippen molar-refractivity contribution >= 4 is 28.4 Å². The minimum Gasteiger partial charge on any atom is -0.368 e. The van der Waals surface area contributed by atoms with Crippen LogP contribution in [0.4, 0.5) is 17.0 Å². The molecule has 0 radical (unpaired) electrons. The Balaban J connectivity index is 1.68. The molecule has 1 atom stereocenters. The zero-order valence-electron chi connectivity index (χ0n) is 13.7. The molecule has 0 aromatic carbocycles. The monoisotopic (exact) mass is 334 g/mol. The highest BCUT2D eigenvalue weighted by Gasteiger charge is 2.25. The van der Waals surface area contributed by atoms with Gasteiger partial charge in [-0.15, -0.1) is 11.3 Å². The van der Waals surface area contributed by atoms with E-state index in [9.17, 15) is 0 Å². The lowest BCUT2D eigenvalue weighted by Crippen LogP contribution is -2.47. The third-order valence-electron chi connectivity index (χ3n) is 3.98. The molecule has 0 bridgehead atoms. The summed E-state index contributed by atoms with van der Waals surface area (Å²) in [7, 11) is 3.80. The largest absolute Gasteiger partial charge is 0.368 e. The topological polar surface area (TPSA) is 87.3 Å². The van der Waals surface area contributed by atoms with E-state index < -0.39 is 0 Å². The molecule has 2 aromatic heterocycles.